The maximum absolute atomic E-state index is 10.0. The predicted molar refractivity (Wildman–Crippen MR) is 103 cm³/mol. The summed E-state index contributed by atoms with van der Waals surface area (Å²) in [7, 11) is 2.11. The standard InChI is InChI=1S/C22H20N2O/c1-22(2)17-8-4-5-9-18(17)24(3)20(22)12-11-15-13-14-23-21-16(15)7-6-10-19(21)25/h4-14H,1-3H3/p+1. The molecule has 3 nitrogen and oxygen atoms in total. The third-order valence-electron chi connectivity index (χ3n) is 5.14. The molecule has 4 rings (SSSR count). The molecule has 0 saturated heterocycles. The first-order valence-electron chi connectivity index (χ1n) is 8.45. The van der Waals surface area contributed by atoms with Crippen LogP contribution in [0, 0.1) is 0 Å². The molecule has 1 aliphatic rings. The van der Waals surface area contributed by atoms with Crippen molar-refractivity contribution in [2.45, 2.75) is 19.3 Å². The summed E-state index contributed by atoms with van der Waals surface area (Å²) in [5.74, 6) is 0.214. The van der Waals surface area contributed by atoms with Gasteiger partial charge in [0.2, 0.25) is 5.69 Å². The second-order valence-corrected chi connectivity index (χ2v) is 6.99. The average molecular weight is 329 g/mol. The highest BCUT2D eigenvalue weighted by atomic mass is 16.3. The highest BCUT2D eigenvalue weighted by molar-refractivity contribution is 6.06. The number of phenols is 1. The zero-order valence-electron chi connectivity index (χ0n) is 14.7. The van der Waals surface area contributed by atoms with Crippen molar-refractivity contribution < 1.29 is 9.68 Å². The second kappa shape index (κ2) is 5.55. The number of pyridine rings is 1. The molecule has 0 amide bonds. The predicted octanol–water partition coefficient (Wildman–Crippen LogP) is 4.66. The van der Waals surface area contributed by atoms with E-state index in [1.807, 2.05) is 18.2 Å². The fraction of sp³-hybridized carbons (Fsp3) is 0.182. The van der Waals surface area contributed by atoms with Crippen molar-refractivity contribution in [3.63, 3.8) is 0 Å². The van der Waals surface area contributed by atoms with Crippen LogP contribution in [0.4, 0.5) is 5.69 Å². The number of para-hydroxylation sites is 2. The summed E-state index contributed by atoms with van der Waals surface area (Å²) in [5.41, 5.74) is 5.48. The molecule has 2 aromatic carbocycles. The van der Waals surface area contributed by atoms with Gasteiger partial charge in [0, 0.05) is 29.3 Å². The largest absolute Gasteiger partial charge is 0.506 e. The van der Waals surface area contributed by atoms with Crippen molar-refractivity contribution in [2.24, 2.45) is 0 Å². The first-order chi connectivity index (χ1) is 12.0. The Kier molecular flexibility index (Phi) is 3.46. The van der Waals surface area contributed by atoms with Crippen molar-refractivity contribution >= 4 is 28.4 Å². The molecule has 1 N–H and O–H groups in total. The number of allylic oxidation sites excluding steroid dienone is 1. The number of hydrogen-bond acceptors (Lipinski definition) is 2. The molecule has 0 aliphatic carbocycles. The number of hydrogen-bond donors (Lipinski definition) is 1. The number of aromatic nitrogens is 1. The molecule has 25 heavy (non-hydrogen) atoms. The Morgan fingerprint density at radius 2 is 1.80 bits per heavy atom. The maximum Gasteiger partial charge on any atom is 0.209 e. The average Bonchev–Trinajstić information content (AvgIpc) is 2.81. The van der Waals surface area contributed by atoms with E-state index in [2.05, 4.69) is 66.9 Å². The summed E-state index contributed by atoms with van der Waals surface area (Å²) in [6.07, 6.45) is 6.03. The van der Waals surface area contributed by atoms with Gasteiger partial charge in [0.15, 0.2) is 5.71 Å². The number of aromatic hydroxyl groups is 1. The van der Waals surface area contributed by atoms with Gasteiger partial charge in [0.1, 0.15) is 18.3 Å². The van der Waals surface area contributed by atoms with Crippen LogP contribution in [0.5, 0.6) is 5.75 Å². The Bertz CT molecular complexity index is 1040. The summed E-state index contributed by atoms with van der Waals surface area (Å²) >= 11 is 0. The van der Waals surface area contributed by atoms with E-state index >= 15 is 0 Å². The first-order valence-corrected chi connectivity index (χ1v) is 8.45. The van der Waals surface area contributed by atoms with Crippen LogP contribution in [0.15, 0.2) is 60.8 Å². The molecule has 0 bridgehead atoms. The van der Waals surface area contributed by atoms with Gasteiger partial charge in [-0.25, -0.2) is 0 Å². The topological polar surface area (TPSA) is 36.1 Å². The normalized spacial score (nSPS) is 16.0. The van der Waals surface area contributed by atoms with Crippen molar-refractivity contribution in [1.82, 2.24) is 4.98 Å². The number of nitrogens with zero attached hydrogens (tertiary/aromatic N) is 2. The lowest BCUT2D eigenvalue weighted by molar-refractivity contribution is -0.401. The van der Waals surface area contributed by atoms with Gasteiger partial charge in [-0.1, -0.05) is 30.3 Å². The number of rotatable bonds is 2. The minimum atomic E-state index is -0.0488. The molecule has 0 spiro atoms. The monoisotopic (exact) mass is 329 g/mol. The Morgan fingerprint density at radius 1 is 1.00 bits per heavy atom. The SMILES string of the molecule is C[N+]1=C(/C=C/c2ccnc3c(O)cccc23)C(C)(C)c2ccccc21. The molecule has 3 heteroatoms. The van der Waals surface area contributed by atoms with E-state index in [0.29, 0.717) is 5.52 Å². The van der Waals surface area contributed by atoms with Crippen LogP contribution in [0.1, 0.15) is 25.0 Å². The third-order valence-corrected chi connectivity index (χ3v) is 5.14. The number of benzene rings is 2. The number of fused-ring (bicyclic) bond motifs is 2. The van der Waals surface area contributed by atoms with Crippen LogP contribution in [-0.2, 0) is 5.41 Å². The minimum Gasteiger partial charge on any atom is -0.506 e. The minimum absolute atomic E-state index is 0.0488. The van der Waals surface area contributed by atoms with Crippen molar-refractivity contribution in [2.75, 3.05) is 7.05 Å². The van der Waals surface area contributed by atoms with E-state index in [-0.39, 0.29) is 11.2 Å². The van der Waals surface area contributed by atoms with Gasteiger partial charge >= 0.3 is 0 Å². The molecular weight excluding hydrogens is 308 g/mol. The van der Waals surface area contributed by atoms with E-state index in [0.717, 1.165) is 10.9 Å². The van der Waals surface area contributed by atoms with Crippen molar-refractivity contribution in [3.8, 4) is 5.75 Å². The van der Waals surface area contributed by atoms with Gasteiger partial charge in [0.05, 0.1) is 5.41 Å². The molecule has 0 saturated carbocycles. The lowest BCUT2D eigenvalue weighted by Gasteiger charge is -2.15. The van der Waals surface area contributed by atoms with Crippen LogP contribution < -0.4 is 0 Å². The maximum atomic E-state index is 10.0. The zero-order valence-corrected chi connectivity index (χ0v) is 14.7. The smallest absolute Gasteiger partial charge is 0.209 e. The molecule has 0 atom stereocenters. The molecule has 3 aromatic rings. The van der Waals surface area contributed by atoms with E-state index in [9.17, 15) is 5.11 Å². The fourth-order valence-corrected chi connectivity index (χ4v) is 3.80. The van der Waals surface area contributed by atoms with Crippen LogP contribution in [0.2, 0.25) is 0 Å². The van der Waals surface area contributed by atoms with E-state index in [1.54, 1.807) is 12.3 Å². The lowest BCUT2D eigenvalue weighted by atomic mass is 9.81. The van der Waals surface area contributed by atoms with Crippen LogP contribution >= 0.6 is 0 Å². The van der Waals surface area contributed by atoms with E-state index in [4.69, 9.17) is 0 Å². The highest BCUT2D eigenvalue weighted by Gasteiger charge is 2.42. The molecule has 0 radical (unpaired) electrons. The molecular formula is C22H21N2O+. The quantitative estimate of drug-likeness (QED) is 0.694. The van der Waals surface area contributed by atoms with E-state index < -0.39 is 0 Å². The van der Waals surface area contributed by atoms with Gasteiger partial charge in [-0.2, -0.15) is 4.58 Å². The number of phenolic OH excluding ortho intramolecular Hbond substituents is 1. The molecule has 0 unspecified atom stereocenters. The van der Waals surface area contributed by atoms with Gasteiger partial charge in [-0.15, -0.1) is 0 Å². The Hall–Kier alpha value is -2.94. The van der Waals surface area contributed by atoms with Gasteiger partial charge in [-0.05, 0) is 37.6 Å². The molecule has 1 aliphatic heterocycles. The van der Waals surface area contributed by atoms with Crippen LogP contribution in [-0.4, -0.2) is 27.4 Å². The van der Waals surface area contributed by atoms with Crippen LogP contribution in [0.3, 0.4) is 0 Å². The van der Waals surface area contributed by atoms with Gasteiger partial charge < -0.3 is 5.11 Å². The van der Waals surface area contributed by atoms with Crippen LogP contribution in [0.25, 0.3) is 17.0 Å². The molecule has 2 heterocycles. The first kappa shape index (κ1) is 15.6. The van der Waals surface area contributed by atoms with Gasteiger partial charge in [-0.3, -0.25) is 4.98 Å². The third kappa shape index (κ3) is 2.35. The van der Waals surface area contributed by atoms with Gasteiger partial charge in [0.25, 0.3) is 0 Å². The summed E-state index contributed by atoms with van der Waals surface area (Å²) in [6.45, 7) is 4.51. The Balaban J connectivity index is 1.82. The van der Waals surface area contributed by atoms with E-state index in [1.165, 1.54) is 17.0 Å². The molecule has 1 aromatic heterocycles. The molecule has 0 fully saturated rings. The fourth-order valence-electron chi connectivity index (χ4n) is 3.80. The summed E-state index contributed by atoms with van der Waals surface area (Å²) in [4.78, 5) is 4.30. The Labute approximate surface area is 147 Å². The lowest BCUT2D eigenvalue weighted by Crippen LogP contribution is -2.26. The second-order valence-electron chi connectivity index (χ2n) is 6.99. The van der Waals surface area contributed by atoms with Crippen molar-refractivity contribution in [3.05, 3.63) is 71.9 Å². The highest BCUT2D eigenvalue weighted by Crippen LogP contribution is 2.39. The molecule has 124 valence electrons. The summed E-state index contributed by atoms with van der Waals surface area (Å²) in [6, 6.07) is 16.0. The summed E-state index contributed by atoms with van der Waals surface area (Å²) in [5, 5.41) is 11.0. The Morgan fingerprint density at radius 3 is 2.60 bits per heavy atom. The zero-order chi connectivity index (χ0) is 17.6. The van der Waals surface area contributed by atoms with Crippen molar-refractivity contribution in [1.29, 1.82) is 0 Å². The summed E-state index contributed by atoms with van der Waals surface area (Å²) < 4.78 is 2.26.